The first-order chi connectivity index (χ1) is 10.1. The topological polar surface area (TPSA) is 78.8 Å². The molecule has 21 heavy (non-hydrogen) atoms. The molecule has 0 saturated carbocycles. The first-order valence-corrected chi connectivity index (χ1v) is 6.37. The van der Waals surface area contributed by atoms with Crippen molar-refractivity contribution in [2.45, 2.75) is 0 Å². The number of nitrogens with one attached hydrogen (secondary N) is 1. The van der Waals surface area contributed by atoms with Crippen LogP contribution in [0.5, 0.6) is 0 Å². The number of hydrogen-bond donors (Lipinski definition) is 2. The van der Waals surface area contributed by atoms with E-state index in [9.17, 15) is 9.59 Å². The number of aromatic carboxylic acids is 1. The number of nitrogens with zero attached hydrogens (tertiary/aromatic N) is 1. The summed E-state index contributed by atoms with van der Waals surface area (Å²) in [7, 11) is 0. The van der Waals surface area contributed by atoms with E-state index in [0.29, 0.717) is 16.1 Å². The van der Waals surface area contributed by atoms with Crippen molar-refractivity contribution in [2.75, 3.05) is 0 Å². The van der Waals surface area contributed by atoms with Crippen molar-refractivity contribution in [3.63, 3.8) is 0 Å². The van der Waals surface area contributed by atoms with Gasteiger partial charge in [-0.05, 0) is 18.2 Å². The van der Waals surface area contributed by atoms with Gasteiger partial charge in [0.05, 0.1) is 22.4 Å². The normalized spacial score (nSPS) is 10.5. The zero-order valence-corrected chi connectivity index (χ0v) is 11.5. The summed E-state index contributed by atoms with van der Waals surface area (Å²) in [4.78, 5) is 22.9. The third-order valence-electron chi connectivity index (χ3n) is 2.68. The van der Waals surface area contributed by atoms with Crippen molar-refractivity contribution in [3.05, 3.63) is 70.2 Å². The molecule has 2 aromatic carbocycles. The molecule has 106 valence electrons. The minimum Gasteiger partial charge on any atom is -0.478 e. The summed E-state index contributed by atoms with van der Waals surface area (Å²) in [5.41, 5.74) is 3.10. The fourth-order valence-electron chi connectivity index (χ4n) is 1.67. The number of carbonyl (C=O) groups excluding carboxylic acids is 1. The third kappa shape index (κ3) is 3.67. The molecule has 0 aliphatic rings. The van der Waals surface area contributed by atoms with Crippen molar-refractivity contribution in [1.29, 1.82) is 0 Å². The fraction of sp³-hybridized carbons (Fsp3) is 0. The van der Waals surface area contributed by atoms with Gasteiger partial charge in [0, 0.05) is 5.56 Å². The lowest BCUT2D eigenvalue weighted by Gasteiger charge is -2.02. The highest BCUT2D eigenvalue weighted by Crippen LogP contribution is 2.14. The predicted molar refractivity (Wildman–Crippen MR) is 79.9 cm³/mol. The van der Waals surface area contributed by atoms with Crippen LogP contribution in [0.2, 0.25) is 5.02 Å². The summed E-state index contributed by atoms with van der Waals surface area (Å²) in [6.45, 7) is 0. The van der Waals surface area contributed by atoms with Gasteiger partial charge in [0.25, 0.3) is 5.91 Å². The van der Waals surface area contributed by atoms with Gasteiger partial charge in [-0.3, -0.25) is 4.79 Å². The summed E-state index contributed by atoms with van der Waals surface area (Å²) in [6, 6.07) is 12.9. The minimum atomic E-state index is -1.06. The number of carbonyl (C=O) groups is 2. The smallest absolute Gasteiger partial charge is 0.336 e. The number of benzene rings is 2. The molecule has 0 spiro atoms. The maximum atomic E-state index is 11.8. The molecule has 0 bridgehead atoms. The lowest BCUT2D eigenvalue weighted by atomic mass is 10.1. The van der Waals surface area contributed by atoms with Gasteiger partial charge < -0.3 is 5.11 Å². The Labute approximate surface area is 125 Å². The van der Waals surface area contributed by atoms with E-state index in [4.69, 9.17) is 16.7 Å². The second-order valence-electron chi connectivity index (χ2n) is 4.07. The van der Waals surface area contributed by atoms with Gasteiger partial charge in [0.2, 0.25) is 0 Å². The monoisotopic (exact) mass is 302 g/mol. The average molecular weight is 303 g/mol. The van der Waals surface area contributed by atoms with E-state index in [1.807, 2.05) is 0 Å². The van der Waals surface area contributed by atoms with Gasteiger partial charge in [0.15, 0.2) is 0 Å². The number of amides is 1. The molecule has 0 unspecified atom stereocenters. The Kier molecular flexibility index (Phi) is 4.68. The van der Waals surface area contributed by atoms with Crippen molar-refractivity contribution in [1.82, 2.24) is 5.43 Å². The molecule has 2 N–H and O–H groups in total. The number of rotatable bonds is 4. The van der Waals surface area contributed by atoms with E-state index in [1.54, 1.807) is 42.5 Å². The van der Waals surface area contributed by atoms with Crippen LogP contribution in [0.3, 0.4) is 0 Å². The molecule has 2 aromatic rings. The molecule has 0 fully saturated rings. The quantitative estimate of drug-likeness (QED) is 0.673. The van der Waals surface area contributed by atoms with E-state index in [0.717, 1.165) is 0 Å². The van der Waals surface area contributed by atoms with E-state index in [1.165, 1.54) is 12.3 Å². The number of carboxylic acid groups (broad SMARTS) is 1. The first kappa shape index (κ1) is 14.7. The van der Waals surface area contributed by atoms with Gasteiger partial charge in [-0.25, -0.2) is 10.2 Å². The zero-order chi connectivity index (χ0) is 15.2. The Morgan fingerprint density at radius 3 is 2.33 bits per heavy atom. The summed E-state index contributed by atoms with van der Waals surface area (Å²) in [5, 5.41) is 13.1. The number of carboxylic acids is 1. The van der Waals surface area contributed by atoms with Gasteiger partial charge in [-0.1, -0.05) is 41.9 Å². The average Bonchev–Trinajstić information content (AvgIpc) is 2.48. The maximum Gasteiger partial charge on any atom is 0.336 e. The largest absolute Gasteiger partial charge is 0.478 e. The third-order valence-corrected chi connectivity index (χ3v) is 3.01. The second kappa shape index (κ2) is 6.67. The number of hydrogen-bond acceptors (Lipinski definition) is 3. The Morgan fingerprint density at radius 2 is 1.67 bits per heavy atom. The van der Waals surface area contributed by atoms with Gasteiger partial charge in [-0.15, -0.1) is 0 Å². The van der Waals surface area contributed by atoms with Crippen LogP contribution < -0.4 is 5.43 Å². The molecule has 0 radical (unpaired) electrons. The van der Waals surface area contributed by atoms with Crippen LogP contribution >= 0.6 is 11.6 Å². The Morgan fingerprint density at radius 1 is 1.05 bits per heavy atom. The number of hydrazone groups is 1. The lowest BCUT2D eigenvalue weighted by molar-refractivity contribution is 0.0696. The SMILES string of the molecule is O=C(N/N=C\c1ccccc1C(=O)O)c1ccccc1Cl. The van der Waals surface area contributed by atoms with Crippen molar-refractivity contribution in [3.8, 4) is 0 Å². The molecule has 0 heterocycles. The summed E-state index contributed by atoms with van der Waals surface area (Å²) in [5.74, 6) is -1.53. The summed E-state index contributed by atoms with van der Waals surface area (Å²) < 4.78 is 0. The molecule has 0 saturated heterocycles. The van der Waals surface area contributed by atoms with Crippen LogP contribution in [0.15, 0.2) is 53.6 Å². The van der Waals surface area contributed by atoms with Gasteiger partial charge in [-0.2, -0.15) is 5.10 Å². The van der Waals surface area contributed by atoms with E-state index in [2.05, 4.69) is 10.5 Å². The molecule has 1 amide bonds. The predicted octanol–water partition coefficient (Wildman–Crippen LogP) is 2.80. The summed E-state index contributed by atoms with van der Waals surface area (Å²) >= 11 is 5.89. The highest BCUT2D eigenvalue weighted by atomic mass is 35.5. The van der Waals surface area contributed by atoms with Crippen molar-refractivity contribution >= 4 is 29.7 Å². The molecule has 6 heteroatoms. The molecule has 0 aromatic heterocycles. The van der Waals surface area contributed by atoms with E-state index >= 15 is 0 Å². The summed E-state index contributed by atoms with van der Waals surface area (Å²) in [6.07, 6.45) is 1.28. The maximum absolute atomic E-state index is 11.8. The van der Waals surface area contributed by atoms with Crippen LogP contribution in [0.25, 0.3) is 0 Å². The van der Waals surface area contributed by atoms with Gasteiger partial charge >= 0.3 is 5.97 Å². The van der Waals surface area contributed by atoms with Crippen molar-refractivity contribution < 1.29 is 14.7 Å². The molecular weight excluding hydrogens is 292 g/mol. The second-order valence-corrected chi connectivity index (χ2v) is 4.48. The van der Waals surface area contributed by atoms with Crippen LogP contribution in [-0.2, 0) is 0 Å². The van der Waals surface area contributed by atoms with E-state index < -0.39 is 11.9 Å². The van der Waals surface area contributed by atoms with Crippen LogP contribution in [0.1, 0.15) is 26.3 Å². The Hall–Kier alpha value is -2.66. The minimum absolute atomic E-state index is 0.105. The van der Waals surface area contributed by atoms with Crippen molar-refractivity contribution in [2.24, 2.45) is 5.10 Å². The van der Waals surface area contributed by atoms with Crippen LogP contribution in [0.4, 0.5) is 0 Å². The highest BCUT2D eigenvalue weighted by molar-refractivity contribution is 6.33. The number of halogens is 1. The molecule has 0 aliphatic carbocycles. The fourth-order valence-corrected chi connectivity index (χ4v) is 1.89. The van der Waals surface area contributed by atoms with Crippen LogP contribution in [0, 0.1) is 0 Å². The molecular formula is C15H11ClN2O3. The molecule has 0 atom stereocenters. The first-order valence-electron chi connectivity index (χ1n) is 6.00. The molecule has 2 rings (SSSR count). The van der Waals surface area contributed by atoms with Crippen LogP contribution in [-0.4, -0.2) is 23.2 Å². The van der Waals surface area contributed by atoms with Gasteiger partial charge in [0.1, 0.15) is 0 Å². The highest BCUT2D eigenvalue weighted by Gasteiger charge is 2.09. The lowest BCUT2D eigenvalue weighted by Crippen LogP contribution is -2.18. The Bertz CT molecular complexity index is 714. The molecule has 0 aliphatic heterocycles. The zero-order valence-electron chi connectivity index (χ0n) is 10.8. The van der Waals surface area contributed by atoms with E-state index in [-0.39, 0.29) is 5.56 Å². The molecule has 5 nitrogen and oxygen atoms in total. The Balaban J connectivity index is 2.12. The standard InChI is InChI=1S/C15H11ClN2O3/c16-13-8-4-3-7-12(13)14(19)18-17-9-10-5-1-2-6-11(10)15(20)21/h1-9H,(H,18,19)(H,20,21)/b17-9-.